The van der Waals surface area contributed by atoms with Crippen LogP contribution in [0.1, 0.15) is 28.3 Å². The van der Waals surface area contributed by atoms with Crippen LogP contribution in [0.15, 0.2) is 18.2 Å². The van der Waals surface area contributed by atoms with Crippen LogP contribution in [0.2, 0.25) is 8.67 Å². The molecule has 0 bridgehead atoms. The Labute approximate surface area is 133 Å². The minimum absolute atomic E-state index is 0.0239. The standard InChI is InChI=1S/C15H17Cl2NOS/c1-8-6-12(19-4)9(2)5-10(8)14(18-3)11-7-13(16)20-15(11)17/h5-7,14,18H,1-4H3. The van der Waals surface area contributed by atoms with Crippen LogP contribution in [0, 0.1) is 13.8 Å². The van der Waals surface area contributed by atoms with Gasteiger partial charge in [0.05, 0.1) is 21.8 Å². The molecule has 20 heavy (non-hydrogen) atoms. The summed E-state index contributed by atoms with van der Waals surface area (Å²) in [5.74, 6) is 0.899. The van der Waals surface area contributed by atoms with Crippen molar-refractivity contribution in [3.05, 3.63) is 49.1 Å². The molecule has 0 fully saturated rings. The zero-order chi connectivity index (χ0) is 14.9. The van der Waals surface area contributed by atoms with E-state index in [0.29, 0.717) is 4.34 Å². The SMILES string of the molecule is CNC(c1cc(C)c(OC)cc1C)c1cc(Cl)sc1Cl. The first kappa shape index (κ1) is 15.6. The number of thiophene rings is 1. The Kier molecular flexibility index (Phi) is 4.97. The molecule has 0 aliphatic heterocycles. The summed E-state index contributed by atoms with van der Waals surface area (Å²) in [6, 6.07) is 6.14. The molecule has 1 atom stereocenters. The molecule has 2 aromatic rings. The number of ether oxygens (including phenoxy) is 1. The molecule has 0 aliphatic carbocycles. The maximum absolute atomic E-state index is 6.29. The molecule has 0 spiro atoms. The molecule has 5 heteroatoms. The molecule has 0 radical (unpaired) electrons. The Balaban J connectivity index is 2.52. The van der Waals surface area contributed by atoms with E-state index in [0.717, 1.165) is 26.8 Å². The Bertz CT molecular complexity index is 625. The van der Waals surface area contributed by atoms with Crippen LogP contribution in [-0.2, 0) is 0 Å². The van der Waals surface area contributed by atoms with Crippen molar-refractivity contribution in [2.75, 3.05) is 14.2 Å². The van der Waals surface area contributed by atoms with Gasteiger partial charge >= 0.3 is 0 Å². The quantitative estimate of drug-likeness (QED) is 0.853. The fourth-order valence-corrected chi connectivity index (χ4v) is 3.90. The third-order valence-electron chi connectivity index (χ3n) is 3.38. The van der Waals surface area contributed by atoms with Crippen LogP contribution in [0.25, 0.3) is 0 Å². The third kappa shape index (κ3) is 2.96. The Morgan fingerprint density at radius 3 is 2.30 bits per heavy atom. The molecule has 1 unspecified atom stereocenters. The van der Waals surface area contributed by atoms with Gasteiger partial charge in [-0.2, -0.15) is 0 Å². The molecule has 1 N–H and O–H groups in total. The summed E-state index contributed by atoms with van der Waals surface area (Å²) in [5.41, 5.74) is 4.45. The molecule has 2 nitrogen and oxygen atoms in total. The van der Waals surface area contributed by atoms with Gasteiger partial charge in [-0.15, -0.1) is 11.3 Å². The lowest BCUT2D eigenvalue weighted by Crippen LogP contribution is -2.18. The molecule has 108 valence electrons. The highest BCUT2D eigenvalue weighted by atomic mass is 35.5. The highest BCUT2D eigenvalue weighted by Gasteiger charge is 2.20. The average molecular weight is 330 g/mol. The van der Waals surface area contributed by atoms with E-state index in [1.54, 1.807) is 7.11 Å². The zero-order valence-corrected chi connectivity index (χ0v) is 14.2. The number of hydrogen-bond acceptors (Lipinski definition) is 3. The Morgan fingerprint density at radius 2 is 1.80 bits per heavy atom. The summed E-state index contributed by atoms with van der Waals surface area (Å²) in [6.45, 7) is 4.11. The molecule has 0 saturated heterocycles. The molecule has 0 saturated carbocycles. The van der Waals surface area contributed by atoms with Gasteiger partial charge in [-0.05, 0) is 49.7 Å². The van der Waals surface area contributed by atoms with Crippen molar-refractivity contribution in [3.8, 4) is 5.75 Å². The summed E-state index contributed by atoms with van der Waals surface area (Å²) in [5, 5.41) is 3.32. The van der Waals surface area contributed by atoms with Crippen LogP contribution >= 0.6 is 34.5 Å². The molecule has 1 aromatic carbocycles. The number of nitrogens with one attached hydrogen (secondary N) is 1. The van der Waals surface area contributed by atoms with E-state index in [2.05, 4.69) is 24.4 Å². The van der Waals surface area contributed by atoms with Gasteiger partial charge in [-0.3, -0.25) is 0 Å². The van der Waals surface area contributed by atoms with Crippen LogP contribution in [-0.4, -0.2) is 14.2 Å². The summed E-state index contributed by atoms with van der Waals surface area (Å²) in [6.07, 6.45) is 0. The summed E-state index contributed by atoms with van der Waals surface area (Å²) < 4.78 is 6.79. The molecule has 0 amide bonds. The minimum Gasteiger partial charge on any atom is -0.496 e. The predicted octanol–water partition coefficient (Wildman–Crippen LogP) is 4.99. The molecular weight excluding hydrogens is 313 g/mol. The largest absolute Gasteiger partial charge is 0.496 e. The molecule has 1 heterocycles. The van der Waals surface area contributed by atoms with Crippen LogP contribution in [0.5, 0.6) is 5.75 Å². The normalized spacial score (nSPS) is 12.5. The predicted molar refractivity (Wildman–Crippen MR) is 87.7 cm³/mol. The molecule has 1 aromatic heterocycles. The molecule has 2 rings (SSSR count). The second-order valence-corrected chi connectivity index (χ2v) is 6.97. The topological polar surface area (TPSA) is 21.3 Å². The lowest BCUT2D eigenvalue weighted by molar-refractivity contribution is 0.411. The number of halogens is 2. The van der Waals surface area contributed by atoms with Crippen molar-refractivity contribution >= 4 is 34.5 Å². The maximum Gasteiger partial charge on any atom is 0.122 e. The minimum atomic E-state index is 0.0239. The average Bonchev–Trinajstić information content (AvgIpc) is 2.73. The van der Waals surface area contributed by atoms with Gasteiger partial charge in [0, 0.05) is 5.56 Å². The van der Waals surface area contributed by atoms with E-state index in [9.17, 15) is 0 Å². The van der Waals surface area contributed by atoms with Crippen molar-refractivity contribution in [2.24, 2.45) is 0 Å². The van der Waals surface area contributed by atoms with Crippen molar-refractivity contribution in [1.82, 2.24) is 5.32 Å². The van der Waals surface area contributed by atoms with Gasteiger partial charge in [0.25, 0.3) is 0 Å². The number of rotatable bonds is 4. The van der Waals surface area contributed by atoms with Crippen molar-refractivity contribution in [2.45, 2.75) is 19.9 Å². The summed E-state index contributed by atoms with van der Waals surface area (Å²) >= 11 is 13.7. The highest BCUT2D eigenvalue weighted by molar-refractivity contribution is 7.20. The van der Waals surface area contributed by atoms with Gasteiger partial charge in [-0.25, -0.2) is 0 Å². The van der Waals surface area contributed by atoms with E-state index in [4.69, 9.17) is 27.9 Å². The fraction of sp³-hybridized carbons (Fsp3) is 0.333. The second kappa shape index (κ2) is 6.35. The van der Waals surface area contributed by atoms with E-state index in [-0.39, 0.29) is 6.04 Å². The zero-order valence-electron chi connectivity index (χ0n) is 11.9. The number of benzene rings is 1. The van der Waals surface area contributed by atoms with E-state index < -0.39 is 0 Å². The van der Waals surface area contributed by atoms with E-state index in [1.807, 2.05) is 20.0 Å². The van der Waals surface area contributed by atoms with Gasteiger partial charge < -0.3 is 10.1 Å². The van der Waals surface area contributed by atoms with E-state index in [1.165, 1.54) is 16.9 Å². The lowest BCUT2D eigenvalue weighted by atomic mass is 9.94. The van der Waals surface area contributed by atoms with Crippen molar-refractivity contribution in [3.63, 3.8) is 0 Å². The number of methoxy groups -OCH3 is 1. The lowest BCUT2D eigenvalue weighted by Gasteiger charge is -2.20. The van der Waals surface area contributed by atoms with Gasteiger partial charge in [0.15, 0.2) is 0 Å². The first-order valence-electron chi connectivity index (χ1n) is 6.25. The Hall–Kier alpha value is -0.740. The third-order valence-corrected chi connectivity index (χ3v) is 4.90. The van der Waals surface area contributed by atoms with Gasteiger partial charge in [-0.1, -0.05) is 29.3 Å². The van der Waals surface area contributed by atoms with Gasteiger partial charge in [0.2, 0.25) is 0 Å². The first-order chi connectivity index (χ1) is 9.47. The molecule has 0 aliphatic rings. The fourth-order valence-electron chi connectivity index (χ4n) is 2.37. The number of aryl methyl sites for hydroxylation is 2. The first-order valence-corrected chi connectivity index (χ1v) is 7.82. The highest BCUT2D eigenvalue weighted by Crippen LogP contribution is 2.39. The number of hydrogen-bond donors (Lipinski definition) is 1. The van der Waals surface area contributed by atoms with Gasteiger partial charge in [0.1, 0.15) is 5.75 Å². The van der Waals surface area contributed by atoms with Crippen LogP contribution < -0.4 is 10.1 Å². The monoisotopic (exact) mass is 329 g/mol. The maximum atomic E-state index is 6.29. The summed E-state index contributed by atoms with van der Waals surface area (Å²) in [4.78, 5) is 0. The second-order valence-electron chi connectivity index (χ2n) is 4.68. The summed E-state index contributed by atoms with van der Waals surface area (Å²) in [7, 11) is 3.61. The smallest absolute Gasteiger partial charge is 0.122 e. The van der Waals surface area contributed by atoms with Crippen LogP contribution in [0.3, 0.4) is 0 Å². The van der Waals surface area contributed by atoms with Crippen molar-refractivity contribution in [1.29, 1.82) is 0 Å². The molecular formula is C15H17Cl2NOS. The van der Waals surface area contributed by atoms with Crippen LogP contribution in [0.4, 0.5) is 0 Å². The Morgan fingerprint density at radius 1 is 1.10 bits per heavy atom. The van der Waals surface area contributed by atoms with Crippen molar-refractivity contribution < 1.29 is 4.74 Å². The van der Waals surface area contributed by atoms with E-state index >= 15 is 0 Å².